The zero-order valence-electron chi connectivity index (χ0n) is 15.0. The molecule has 4 atom stereocenters. The summed E-state index contributed by atoms with van der Waals surface area (Å²) in [6.45, 7) is 2.46. The van der Waals surface area contributed by atoms with E-state index < -0.39 is 18.7 Å². The summed E-state index contributed by atoms with van der Waals surface area (Å²) in [4.78, 5) is 2.31. The minimum atomic E-state index is -4.18. The summed E-state index contributed by atoms with van der Waals surface area (Å²) >= 11 is 0. The van der Waals surface area contributed by atoms with E-state index in [0.29, 0.717) is 23.9 Å². The van der Waals surface area contributed by atoms with Gasteiger partial charge in [0.1, 0.15) is 0 Å². The summed E-state index contributed by atoms with van der Waals surface area (Å²) in [5.74, 6) is 0.922. The maximum Gasteiger partial charge on any atom is 0.393 e. The molecular weight excluding hydrogens is 355 g/mol. The number of benzene rings is 1. The Hall–Kier alpha value is -1.86. The molecule has 1 aromatic carbocycles. The minimum Gasteiger partial charge on any atom is -0.391 e. The third-order valence-corrected chi connectivity index (χ3v) is 5.85. The molecule has 0 unspecified atom stereocenters. The highest BCUT2D eigenvalue weighted by Gasteiger charge is 2.42. The average molecular weight is 379 g/mol. The van der Waals surface area contributed by atoms with Gasteiger partial charge in [-0.2, -0.15) is 18.3 Å². The van der Waals surface area contributed by atoms with E-state index in [0.717, 1.165) is 31.5 Å². The predicted octanol–water partition coefficient (Wildman–Crippen LogP) is 3.43. The molecule has 2 aromatic rings. The number of nitrogens with zero attached hydrogens (tertiary/aromatic N) is 3. The number of hydrogen-bond acceptors (Lipinski definition) is 3. The fraction of sp³-hybridized carbons (Fsp3) is 0.550. The Balaban J connectivity index is 1.39. The molecule has 4 rings (SSSR count). The van der Waals surface area contributed by atoms with Crippen LogP contribution in [0.1, 0.15) is 30.0 Å². The van der Waals surface area contributed by atoms with Gasteiger partial charge in [0, 0.05) is 32.0 Å². The predicted molar refractivity (Wildman–Crippen MR) is 95.0 cm³/mol. The van der Waals surface area contributed by atoms with E-state index in [1.807, 2.05) is 23.0 Å². The molecule has 1 N–H and O–H groups in total. The van der Waals surface area contributed by atoms with Gasteiger partial charge in [-0.05, 0) is 41.9 Å². The fourth-order valence-electron chi connectivity index (χ4n) is 4.72. The number of likely N-dealkylation sites (tertiary alicyclic amines) is 1. The SMILES string of the molecule is O[C@@H]1C[C@H]2CN(Cc3cccc(CC(F)(F)F)c3)C[C@H]2C[C@H]1n1cccn1. The van der Waals surface area contributed by atoms with Crippen molar-refractivity contribution >= 4 is 0 Å². The molecule has 2 heterocycles. The third-order valence-electron chi connectivity index (χ3n) is 5.85. The molecule has 1 aliphatic carbocycles. The maximum absolute atomic E-state index is 12.6. The van der Waals surface area contributed by atoms with E-state index in [4.69, 9.17) is 0 Å². The second kappa shape index (κ2) is 7.28. The summed E-state index contributed by atoms with van der Waals surface area (Å²) in [7, 11) is 0. The summed E-state index contributed by atoms with van der Waals surface area (Å²) in [5, 5.41) is 14.8. The van der Waals surface area contributed by atoms with Crippen molar-refractivity contribution in [3.05, 3.63) is 53.9 Å². The number of aliphatic hydroxyl groups is 1. The Bertz CT molecular complexity index is 762. The highest BCUT2D eigenvalue weighted by molar-refractivity contribution is 5.24. The van der Waals surface area contributed by atoms with Gasteiger partial charge in [-0.15, -0.1) is 0 Å². The third kappa shape index (κ3) is 4.35. The first-order valence-electron chi connectivity index (χ1n) is 9.41. The van der Waals surface area contributed by atoms with Crippen molar-refractivity contribution in [3.63, 3.8) is 0 Å². The van der Waals surface area contributed by atoms with Gasteiger partial charge in [0.05, 0.1) is 18.6 Å². The van der Waals surface area contributed by atoms with E-state index in [9.17, 15) is 18.3 Å². The van der Waals surface area contributed by atoms with E-state index in [1.165, 1.54) is 6.07 Å². The van der Waals surface area contributed by atoms with Crippen LogP contribution in [-0.2, 0) is 13.0 Å². The molecule has 2 aliphatic rings. The number of aromatic nitrogens is 2. The van der Waals surface area contributed by atoms with Crippen molar-refractivity contribution in [2.24, 2.45) is 11.8 Å². The maximum atomic E-state index is 12.6. The van der Waals surface area contributed by atoms with Crippen molar-refractivity contribution in [2.75, 3.05) is 13.1 Å². The molecule has 0 spiro atoms. The van der Waals surface area contributed by atoms with Crippen LogP contribution in [-0.4, -0.2) is 45.2 Å². The zero-order chi connectivity index (χ0) is 19.0. The van der Waals surface area contributed by atoms with Crippen molar-refractivity contribution in [1.82, 2.24) is 14.7 Å². The van der Waals surface area contributed by atoms with E-state index in [1.54, 1.807) is 18.3 Å². The molecular formula is C20H24F3N3O. The van der Waals surface area contributed by atoms with Crippen LogP contribution < -0.4 is 0 Å². The summed E-state index contributed by atoms with van der Waals surface area (Å²) in [5.41, 5.74) is 1.23. The van der Waals surface area contributed by atoms with Crippen LogP contribution >= 0.6 is 0 Å². The molecule has 4 nitrogen and oxygen atoms in total. The molecule has 1 aliphatic heterocycles. The summed E-state index contributed by atoms with van der Waals surface area (Å²) in [6, 6.07) is 8.67. The van der Waals surface area contributed by atoms with Crippen LogP contribution in [0, 0.1) is 11.8 Å². The first-order chi connectivity index (χ1) is 12.9. The molecule has 7 heteroatoms. The van der Waals surface area contributed by atoms with Gasteiger partial charge in [-0.25, -0.2) is 0 Å². The van der Waals surface area contributed by atoms with Crippen LogP contribution in [0.4, 0.5) is 13.2 Å². The number of rotatable bonds is 4. The number of alkyl halides is 3. The second-order valence-corrected chi connectivity index (χ2v) is 7.92. The Morgan fingerprint density at radius 1 is 1.07 bits per heavy atom. The normalized spacial score (nSPS) is 29.0. The van der Waals surface area contributed by atoms with E-state index in [2.05, 4.69) is 10.00 Å². The van der Waals surface area contributed by atoms with Gasteiger partial charge in [0.25, 0.3) is 0 Å². The molecule has 0 radical (unpaired) electrons. The first-order valence-corrected chi connectivity index (χ1v) is 9.41. The van der Waals surface area contributed by atoms with Crippen LogP contribution in [0.2, 0.25) is 0 Å². The Labute approximate surface area is 156 Å². The molecule has 0 amide bonds. The lowest BCUT2D eigenvalue weighted by atomic mass is 9.77. The van der Waals surface area contributed by atoms with Crippen molar-refractivity contribution in [1.29, 1.82) is 0 Å². The number of fused-ring (bicyclic) bond motifs is 1. The Morgan fingerprint density at radius 2 is 1.81 bits per heavy atom. The van der Waals surface area contributed by atoms with Gasteiger partial charge in [-0.1, -0.05) is 24.3 Å². The van der Waals surface area contributed by atoms with Crippen molar-refractivity contribution in [3.8, 4) is 0 Å². The van der Waals surface area contributed by atoms with Crippen molar-refractivity contribution < 1.29 is 18.3 Å². The topological polar surface area (TPSA) is 41.3 Å². The largest absolute Gasteiger partial charge is 0.393 e. The number of aliphatic hydroxyl groups excluding tert-OH is 1. The molecule has 2 fully saturated rings. The van der Waals surface area contributed by atoms with E-state index >= 15 is 0 Å². The second-order valence-electron chi connectivity index (χ2n) is 7.92. The van der Waals surface area contributed by atoms with Gasteiger partial charge in [0.15, 0.2) is 0 Å². The van der Waals surface area contributed by atoms with Crippen LogP contribution in [0.25, 0.3) is 0 Å². The first kappa shape index (κ1) is 18.5. The fourth-order valence-corrected chi connectivity index (χ4v) is 4.72. The number of hydrogen-bond donors (Lipinski definition) is 1. The molecule has 27 heavy (non-hydrogen) atoms. The highest BCUT2D eigenvalue weighted by Crippen LogP contribution is 2.41. The quantitative estimate of drug-likeness (QED) is 0.885. The van der Waals surface area contributed by atoms with Gasteiger partial charge < -0.3 is 5.11 Å². The van der Waals surface area contributed by atoms with Crippen LogP contribution in [0.15, 0.2) is 42.7 Å². The number of halogens is 3. The van der Waals surface area contributed by atoms with Crippen LogP contribution in [0.5, 0.6) is 0 Å². The highest BCUT2D eigenvalue weighted by atomic mass is 19.4. The smallest absolute Gasteiger partial charge is 0.391 e. The van der Waals surface area contributed by atoms with Gasteiger partial charge in [-0.3, -0.25) is 9.58 Å². The van der Waals surface area contributed by atoms with Gasteiger partial charge >= 0.3 is 6.18 Å². The van der Waals surface area contributed by atoms with Gasteiger partial charge in [0.2, 0.25) is 0 Å². The summed E-state index contributed by atoms with van der Waals surface area (Å²) in [6.07, 6.45) is -0.206. The summed E-state index contributed by atoms with van der Waals surface area (Å²) < 4.78 is 39.7. The lowest BCUT2D eigenvalue weighted by Gasteiger charge is -2.35. The lowest BCUT2D eigenvalue weighted by Crippen LogP contribution is -2.36. The minimum absolute atomic E-state index is 0.0105. The Morgan fingerprint density at radius 3 is 2.52 bits per heavy atom. The zero-order valence-corrected chi connectivity index (χ0v) is 15.0. The standard InChI is InChI=1S/C20H24F3N3O/c21-20(22,23)10-14-3-1-4-15(7-14)11-25-12-16-8-18(26-6-2-5-24-26)19(27)9-17(16)13-25/h1-7,16-19,27H,8-13H2/t16-,17+,18-,19-/m1/s1. The molecule has 1 saturated heterocycles. The van der Waals surface area contributed by atoms with Crippen molar-refractivity contribution in [2.45, 2.75) is 44.1 Å². The Kier molecular flexibility index (Phi) is 4.99. The molecule has 0 bridgehead atoms. The molecule has 1 saturated carbocycles. The average Bonchev–Trinajstić information content (AvgIpc) is 3.21. The lowest BCUT2D eigenvalue weighted by molar-refractivity contribution is -0.127. The molecule has 146 valence electrons. The molecule has 1 aromatic heterocycles. The van der Waals surface area contributed by atoms with E-state index in [-0.39, 0.29) is 6.04 Å². The monoisotopic (exact) mass is 379 g/mol. The van der Waals surface area contributed by atoms with Crippen LogP contribution in [0.3, 0.4) is 0 Å².